The van der Waals surface area contributed by atoms with E-state index in [1.165, 1.54) is 0 Å². The minimum Gasteiger partial charge on any atom is -0.344 e. The summed E-state index contributed by atoms with van der Waals surface area (Å²) in [4.78, 5) is 16.0. The molecule has 4 heteroatoms. The maximum Gasteiger partial charge on any atom is 0.270 e. The minimum absolute atomic E-state index is 0.152. The number of nitrogens with zero attached hydrogens (tertiary/aromatic N) is 1. The summed E-state index contributed by atoms with van der Waals surface area (Å²) in [5, 5.41) is 2.71. The van der Waals surface area contributed by atoms with Crippen LogP contribution in [0.25, 0.3) is 0 Å². The summed E-state index contributed by atoms with van der Waals surface area (Å²) in [6, 6.07) is 5.36. The lowest BCUT2D eigenvalue weighted by Crippen LogP contribution is -2.49. The molecule has 1 aromatic heterocycles. The van der Waals surface area contributed by atoms with Crippen molar-refractivity contribution in [1.29, 1.82) is 0 Å². The van der Waals surface area contributed by atoms with Crippen LogP contribution < -0.4 is 5.32 Å². The predicted octanol–water partition coefficient (Wildman–Crippen LogP) is 2.53. The SMILES string of the molecule is Cc1cccc(C(=O)NC(C)(C)C(C)Cl)n1. The number of halogens is 1. The molecule has 1 unspecified atom stereocenters. The summed E-state index contributed by atoms with van der Waals surface area (Å²) in [6.45, 7) is 7.48. The van der Waals surface area contributed by atoms with Gasteiger partial charge >= 0.3 is 0 Å². The van der Waals surface area contributed by atoms with Crippen molar-refractivity contribution in [1.82, 2.24) is 10.3 Å². The number of nitrogens with one attached hydrogen (secondary N) is 1. The number of carbonyl (C=O) groups excluding carboxylic acids is 1. The van der Waals surface area contributed by atoms with E-state index >= 15 is 0 Å². The van der Waals surface area contributed by atoms with Crippen LogP contribution in [0.4, 0.5) is 0 Å². The number of carbonyl (C=O) groups is 1. The van der Waals surface area contributed by atoms with Crippen LogP contribution in [0.2, 0.25) is 0 Å². The number of hydrogen-bond donors (Lipinski definition) is 1. The quantitative estimate of drug-likeness (QED) is 0.825. The van der Waals surface area contributed by atoms with Gasteiger partial charge in [0, 0.05) is 5.69 Å². The highest BCUT2D eigenvalue weighted by molar-refractivity contribution is 6.21. The molecule has 0 aliphatic rings. The van der Waals surface area contributed by atoms with Gasteiger partial charge in [-0.15, -0.1) is 11.6 Å². The molecule has 1 atom stereocenters. The summed E-state index contributed by atoms with van der Waals surface area (Å²) < 4.78 is 0. The lowest BCUT2D eigenvalue weighted by atomic mass is 10.0. The average Bonchev–Trinajstić information content (AvgIpc) is 2.16. The highest BCUT2D eigenvalue weighted by Gasteiger charge is 2.26. The molecule has 1 N–H and O–H groups in total. The van der Waals surface area contributed by atoms with E-state index in [2.05, 4.69) is 10.3 Å². The number of pyridine rings is 1. The Kier molecular flexibility index (Phi) is 3.92. The van der Waals surface area contributed by atoms with Crippen LogP contribution in [0.15, 0.2) is 18.2 Å². The van der Waals surface area contributed by atoms with E-state index in [0.717, 1.165) is 5.69 Å². The zero-order valence-electron chi connectivity index (χ0n) is 10.0. The Bertz CT molecular complexity index is 388. The van der Waals surface area contributed by atoms with E-state index in [1.54, 1.807) is 6.07 Å². The van der Waals surface area contributed by atoms with Crippen molar-refractivity contribution in [2.24, 2.45) is 0 Å². The molecular weight excluding hydrogens is 224 g/mol. The van der Waals surface area contributed by atoms with Gasteiger partial charge < -0.3 is 5.32 Å². The molecule has 0 radical (unpaired) electrons. The number of rotatable bonds is 3. The number of alkyl halides is 1. The average molecular weight is 241 g/mol. The Morgan fingerprint density at radius 3 is 2.62 bits per heavy atom. The first-order chi connectivity index (χ1) is 7.33. The van der Waals surface area contributed by atoms with E-state index in [0.29, 0.717) is 5.69 Å². The van der Waals surface area contributed by atoms with E-state index in [9.17, 15) is 4.79 Å². The monoisotopic (exact) mass is 240 g/mol. The molecule has 88 valence electrons. The van der Waals surface area contributed by atoms with Gasteiger partial charge in [-0.3, -0.25) is 4.79 Å². The zero-order chi connectivity index (χ0) is 12.3. The number of aromatic nitrogens is 1. The van der Waals surface area contributed by atoms with E-state index < -0.39 is 5.54 Å². The molecule has 0 aromatic carbocycles. The molecule has 0 bridgehead atoms. The van der Waals surface area contributed by atoms with E-state index in [-0.39, 0.29) is 11.3 Å². The summed E-state index contributed by atoms with van der Waals surface area (Å²) >= 11 is 6.00. The van der Waals surface area contributed by atoms with Gasteiger partial charge in [-0.2, -0.15) is 0 Å². The summed E-state index contributed by atoms with van der Waals surface area (Å²) in [6.07, 6.45) is 0. The Balaban J connectivity index is 2.81. The molecule has 0 fully saturated rings. The van der Waals surface area contributed by atoms with Crippen molar-refractivity contribution in [3.63, 3.8) is 0 Å². The lowest BCUT2D eigenvalue weighted by Gasteiger charge is -2.28. The smallest absolute Gasteiger partial charge is 0.270 e. The molecular formula is C12H17ClN2O. The Labute approximate surface area is 101 Å². The predicted molar refractivity (Wildman–Crippen MR) is 65.8 cm³/mol. The van der Waals surface area contributed by atoms with Crippen molar-refractivity contribution in [3.05, 3.63) is 29.6 Å². The molecule has 0 saturated heterocycles. The fraction of sp³-hybridized carbons (Fsp3) is 0.500. The molecule has 3 nitrogen and oxygen atoms in total. The molecule has 0 spiro atoms. The Morgan fingerprint density at radius 1 is 1.50 bits per heavy atom. The summed E-state index contributed by atoms with van der Waals surface area (Å²) in [5.74, 6) is -0.193. The van der Waals surface area contributed by atoms with Crippen molar-refractivity contribution < 1.29 is 4.79 Å². The number of hydrogen-bond acceptors (Lipinski definition) is 2. The molecule has 0 aliphatic heterocycles. The van der Waals surface area contributed by atoms with E-state index in [4.69, 9.17) is 11.6 Å². The van der Waals surface area contributed by atoms with Gasteiger partial charge in [-0.25, -0.2) is 4.98 Å². The van der Waals surface area contributed by atoms with Crippen molar-refractivity contribution in [2.75, 3.05) is 0 Å². The standard InChI is InChI=1S/C12H17ClN2O/c1-8-6-5-7-10(14-8)11(16)15-12(3,4)9(2)13/h5-7,9H,1-4H3,(H,15,16). The van der Waals surface area contributed by atoms with Gasteiger partial charge in [0.05, 0.1) is 10.9 Å². The Morgan fingerprint density at radius 2 is 2.12 bits per heavy atom. The maximum absolute atomic E-state index is 11.9. The fourth-order valence-electron chi connectivity index (χ4n) is 1.13. The molecule has 1 rings (SSSR count). The highest BCUT2D eigenvalue weighted by Crippen LogP contribution is 2.15. The van der Waals surface area contributed by atoms with Crippen molar-refractivity contribution in [2.45, 2.75) is 38.6 Å². The van der Waals surface area contributed by atoms with Gasteiger partial charge in [0.1, 0.15) is 5.69 Å². The largest absolute Gasteiger partial charge is 0.344 e. The van der Waals surface area contributed by atoms with Crippen LogP contribution in [-0.2, 0) is 0 Å². The molecule has 16 heavy (non-hydrogen) atoms. The number of aryl methyl sites for hydroxylation is 1. The van der Waals surface area contributed by atoms with Gasteiger partial charge in [0.15, 0.2) is 0 Å². The van der Waals surface area contributed by atoms with E-state index in [1.807, 2.05) is 39.8 Å². The van der Waals surface area contributed by atoms with Gasteiger partial charge in [0.25, 0.3) is 5.91 Å². The number of amides is 1. The third-order valence-electron chi connectivity index (χ3n) is 2.55. The molecule has 1 heterocycles. The van der Waals surface area contributed by atoms with Crippen molar-refractivity contribution >= 4 is 17.5 Å². The fourth-order valence-corrected chi connectivity index (χ4v) is 1.18. The van der Waals surface area contributed by atoms with Crippen LogP contribution in [0, 0.1) is 6.92 Å². The van der Waals surface area contributed by atoms with Gasteiger partial charge in [-0.05, 0) is 39.8 Å². The molecule has 1 aromatic rings. The third kappa shape index (κ3) is 3.20. The first-order valence-electron chi connectivity index (χ1n) is 5.23. The van der Waals surface area contributed by atoms with Crippen molar-refractivity contribution in [3.8, 4) is 0 Å². The summed E-state index contributed by atoms with van der Waals surface area (Å²) in [7, 11) is 0. The van der Waals surface area contributed by atoms with Gasteiger partial charge in [-0.1, -0.05) is 6.07 Å². The van der Waals surface area contributed by atoms with Crippen LogP contribution in [0.3, 0.4) is 0 Å². The topological polar surface area (TPSA) is 42.0 Å². The van der Waals surface area contributed by atoms with Crippen LogP contribution in [0.5, 0.6) is 0 Å². The summed E-state index contributed by atoms with van der Waals surface area (Å²) in [5.41, 5.74) is 0.791. The normalized spacial score (nSPS) is 13.3. The van der Waals surface area contributed by atoms with Crippen LogP contribution in [-0.4, -0.2) is 21.8 Å². The molecule has 0 saturated carbocycles. The van der Waals surface area contributed by atoms with Crippen LogP contribution in [0.1, 0.15) is 37.0 Å². The first kappa shape index (κ1) is 13.0. The maximum atomic E-state index is 11.9. The molecule has 1 amide bonds. The third-order valence-corrected chi connectivity index (χ3v) is 3.10. The first-order valence-corrected chi connectivity index (χ1v) is 5.67. The minimum atomic E-state index is -0.454. The van der Waals surface area contributed by atoms with Crippen LogP contribution >= 0.6 is 11.6 Å². The zero-order valence-corrected chi connectivity index (χ0v) is 10.8. The highest BCUT2D eigenvalue weighted by atomic mass is 35.5. The molecule has 0 aliphatic carbocycles. The van der Waals surface area contributed by atoms with Gasteiger partial charge in [0.2, 0.25) is 0 Å². The second-order valence-corrected chi connectivity index (χ2v) is 5.11. The second-order valence-electron chi connectivity index (χ2n) is 4.46. The Hall–Kier alpha value is -1.09. The lowest BCUT2D eigenvalue weighted by molar-refractivity contribution is 0.0907. The second kappa shape index (κ2) is 4.83.